The summed E-state index contributed by atoms with van der Waals surface area (Å²) >= 11 is 0. The average molecular weight is 410 g/mol. The van der Waals surface area contributed by atoms with E-state index >= 15 is 0 Å². The van der Waals surface area contributed by atoms with Gasteiger partial charge in [0.15, 0.2) is 0 Å². The molecule has 1 fully saturated rings. The molecule has 30 heavy (non-hydrogen) atoms. The maximum Gasteiger partial charge on any atom is 0.123 e. The minimum Gasteiger partial charge on any atom is -0.396 e. The van der Waals surface area contributed by atoms with Crippen LogP contribution >= 0.6 is 0 Å². The van der Waals surface area contributed by atoms with Gasteiger partial charge in [-0.25, -0.2) is 4.39 Å². The van der Waals surface area contributed by atoms with Gasteiger partial charge in [0, 0.05) is 62.2 Å². The third-order valence-corrected chi connectivity index (χ3v) is 5.71. The van der Waals surface area contributed by atoms with Crippen molar-refractivity contribution in [3.8, 4) is 11.3 Å². The Labute approximate surface area is 176 Å². The molecule has 0 spiro atoms. The van der Waals surface area contributed by atoms with Gasteiger partial charge in [-0.15, -0.1) is 0 Å². The second-order valence-corrected chi connectivity index (χ2v) is 7.92. The minimum atomic E-state index is -0.245. The first-order valence-electron chi connectivity index (χ1n) is 10.4. The summed E-state index contributed by atoms with van der Waals surface area (Å²) in [6, 6.07) is 12.9. The lowest BCUT2D eigenvalue weighted by Crippen LogP contribution is -2.52. The highest BCUT2D eigenvalue weighted by Crippen LogP contribution is 2.24. The number of rotatable bonds is 7. The quantitative estimate of drug-likeness (QED) is 0.628. The fraction of sp³-hybridized carbons (Fsp3) is 0.391. The van der Waals surface area contributed by atoms with E-state index in [1.54, 1.807) is 12.1 Å². The molecule has 7 heteroatoms. The van der Waals surface area contributed by atoms with Crippen molar-refractivity contribution in [3.05, 3.63) is 71.4 Å². The van der Waals surface area contributed by atoms with Gasteiger partial charge in [0.25, 0.3) is 0 Å². The first-order valence-corrected chi connectivity index (χ1v) is 10.4. The second-order valence-electron chi connectivity index (χ2n) is 7.92. The van der Waals surface area contributed by atoms with Crippen molar-refractivity contribution in [2.75, 3.05) is 26.2 Å². The maximum absolute atomic E-state index is 13.3. The molecule has 0 saturated carbocycles. The molecule has 6 nitrogen and oxygen atoms in total. The topological polar surface area (TPSA) is 68.3 Å². The lowest BCUT2D eigenvalue weighted by molar-refractivity contribution is 0.0492. The number of halogens is 1. The number of aliphatic hydroxyl groups excluding tert-OH is 1. The van der Waals surface area contributed by atoms with Crippen molar-refractivity contribution >= 4 is 0 Å². The van der Waals surface area contributed by atoms with Crippen LogP contribution in [0.2, 0.25) is 0 Å². The van der Waals surface area contributed by atoms with Gasteiger partial charge in [0.1, 0.15) is 5.82 Å². The van der Waals surface area contributed by atoms with Crippen molar-refractivity contribution < 1.29 is 9.50 Å². The van der Waals surface area contributed by atoms with Crippen LogP contribution in [0.3, 0.4) is 0 Å². The molecule has 4 rings (SSSR count). The summed E-state index contributed by atoms with van der Waals surface area (Å²) in [7, 11) is 0. The van der Waals surface area contributed by atoms with Crippen LogP contribution in [0.1, 0.15) is 23.4 Å². The molecular weight excluding hydrogens is 381 g/mol. The molecule has 158 valence electrons. The predicted octanol–water partition coefficient (Wildman–Crippen LogP) is 2.99. The lowest BCUT2D eigenvalue weighted by Gasteiger charge is -2.41. The van der Waals surface area contributed by atoms with Crippen LogP contribution in [0, 0.1) is 12.7 Å². The highest BCUT2D eigenvalue weighted by Gasteiger charge is 2.27. The van der Waals surface area contributed by atoms with E-state index in [0.717, 1.165) is 67.4 Å². The molecule has 3 aromatic rings. The Balaban J connectivity index is 1.44. The van der Waals surface area contributed by atoms with Crippen molar-refractivity contribution in [2.24, 2.45) is 0 Å². The fourth-order valence-corrected chi connectivity index (χ4v) is 4.17. The molecule has 1 aromatic carbocycles. The summed E-state index contributed by atoms with van der Waals surface area (Å²) in [6.45, 7) is 6.47. The van der Waals surface area contributed by atoms with E-state index in [4.69, 9.17) is 0 Å². The molecule has 0 radical (unpaired) electrons. The van der Waals surface area contributed by atoms with E-state index in [2.05, 4.69) is 31.0 Å². The first-order chi connectivity index (χ1) is 14.6. The largest absolute Gasteiger partial charge is 0.396 e. The molecule has 2 N–H and O–H groups in total. The van der Waals surface area contributed by atoms with Gasteiger partial charge < -0.3 is 5.11 Å². The highest BCUT2D eigenvalue weighted by atomic mass is 19.1. The number of aromatic nitrogens is 3. The highest BCUT2D eigenvalue weighted by molar-refractivity contribution is 5.62. The Bertz CT molecular complexity index is 958. The summed E-state index contributed by atoms with van der Waals surface area (Å²) in [5.74, 6) is -0.245. The van der Waals surface area contributed by atoms with Crippen LogP contribution in [0.25, 0.3) is 11.3 Å². The molecule has 0 amide bonds. The van der Waals surface area contributed by atoms with Gasteiger partial charge >= 0.3 is 0 Å². The normalized spacial score (nSPS) is 18.0. The van der Waals surface area contributed by atoms with E-state index in [9.17, 15) is 9.50 Å². The summed E-state index contributed by atoms with van der Waals surface area (Å²) in [4.78, 5) is 9.46. The molecule has 2 aromatic heterocycles. The van der Waals surface area contributed by atoms with E-state index < -0.39 is 0 Å². The SMILES string of the molecule is Cc1cccc(CN2CCN(Cc3cn[nH]c3-c3ccc(F)cc3)CC2CCO)n1. The number of hydrogen-bond acceptors (Lipinski definition) is 5. The Hall–Kier alpha value is -2.61. The van der Waals surface area contributed by atoms with Crippen molar-refractivity contribution in [1.29, 1.82) is 0 Å². The van der Waals surface area contributed by atoms with E-state index in [1.807, 2.05) is 25.3 Å². The van der Waals surface area contributed by atoms with Gasteiger partial charge in [0.2, 0.25) is 0 Å². The Morgan fingerprint density at radius 1 is 1.13 bits per heavy atom. The predicted molar refractivity (Wildman–Crippen MR) is 114 cm³/mol. The zero-order valence-corrected chi connectivity index (χ0v) is 17.3. The van der Waals surface area contributed by atoms with Crippen LogP contribution in [0.5, 0.6) is 0 Å². The third kappa shape index (κ3) is 4.92. The van der Waals surface area contributed by atoms with Gasteiger partial charge in [-0.2, -0.15) is 5.10 Å². The summed E-state index contributed by atoms with van der Waals surface area (Å²) < 4.78 is 13.3. The Morgan fingerprint density at radius 2 is 1.97 bits per heavy atom. The van der Waals surface area contributed by atoms with Crippen LogP contribution < -0.4 is 0 Å². The number of aryl methyl sites for hydroxylation is 1. The lowest BCUT2D eigenvalue weighted by atomic mass is 10.1. The van der Waals surface area contributed by atoms with Crippen molar-refractivity contribution in [3.63, 3.8) is 0 Å². The standard InChI is InChI=1S/C23H28FN5O/c1-17-3-2-4-21(26-17)15-29-11-10-28(16-22(29)9-12-30)14-19-13-25-27-23(19)18-5-7-20(24)8-6-18/h2-8,13,22,30H,9-12,14-16H2,1H3,(H,25,27). The molecule has 0 bridgehead atoms. The van der Waals surface area contributed by atoms with Crippen molar-refractivity contribution in [2.45, 2.75) is 32.5 Å². The molecule has 1 saturated heterocycles. The molecular formula is C23H28FN5O. The van der Waals surface area contributed by atoms with Crippen LogP contribution in [0.15, 0.2) is 48.7 Å². The number of piperazine rings is 1. The number of H-pyrrole nitrogens is 1. The Kier molecular flexibility index (Phi) is 6.52. The van der Waals surface area contributed by atoms with Crippen LogP contribution in [-0.4, -0.2) is 62.4 Å². The number of aromatic amines is 1. The fourth-order valence-electron chi connectivity index (χ4n) is 4.17. The molecule has 1 aliphatic rings. The number of nitrogens with one attached hydrogen (secondary N) is 1. The molecule has 1 unspecified atom stereocenters. The number of hydrogen-bond donors (Lipinski definition) is 2. The molecule has 0 aliphatic carbocycles. The summed E-state index contributed by atoms with van der Waals surface area (Å²) in [5, 5.41) is 16.9. The number of pyridine rings is 1. The van der Waals surface area contributed by atoms with E-state index in [-0.39, 0.29) is 18.5 Å². The minimum absolute atomic E-state index is 0.169. The summed E-state index contributed by atoms with van der Waals surface area (Å²) in [6.07, 6.45) is 2.58. The zero-order chi connectivity index (χ0) is 20.9. The molecule has 3 heterocycles. The van der Waals surface area contributed by atoms with Crippen LogP contribution in [-0.2, 0) is 13.1 Å². The second kappa shape index (κ2) is 9.47. The van der Waals surface area contributed by atoms with E-state index in [0.29, 0.717) is 0 Å². The molecule has 1 atom stereocenters. The van der Waals surface area contributed by atoms with Gasteiger partial charge in [-0.05, 0) is 49.7 Å². The number of benzene rings is 1. The average Bonchev–Trinajstić information content (AvgIpc) is 3.19. The number of nitrogens with zero attached hydrogens (tertiary/aromatic N) is 4. The number of aliphatic hydroxyl groups is 1. The maximum atomic E-state index is 13.3. The monoisotopic (exact) mass is 409 g/mol. The first kappa shape index (κ1) is 20.7. The van der Waals surface area contributed by atoms with Crippen LogP contribution in [0.4, 0.5) is 4.39 Å². The van der Waals surface area contributed by atoms with Crippen molar-refractivity contribution in [1.82, 2.24) is 25.0 Å². The van der Waals surface area contributed by atoms with Gasteiger partial charge in [-0.1, -0.05) is 6.07 Å². The third-order valence-electron chi connectivity index (χ3n) is 5.71. The van der Waals surface area contributed by atoms with E-state index in [1.165, 1.54) is 12.1 Å². The molecule has 1 aliphatic heterocycles. The van der Waals surface area contributed by atoms with Gasteiger partial charge in [0.05, 0.1) is 17.6 Å². The zero-order valence-electron chi connectivity index (χ0n) is 17.3. The van der Waals surface area contributed by atoms with Gasteiger partial charge in [-0.3, -0.25) is 19.9 Å². The smallest absolute Gasteiger partial charge is 0.123 e. The summed E-state index contributed by atoms with van der Waals surface area (Å²) in [5.41, 5.74) is 5.05. The Morgan fingerprint density at radius 3 is 2.73 bits per heavy atom.